The van der Waals surface area contributed by atoms with E-state index in [0.29, 0.717) is 11.6 Å². The summed E-state index contributed by atoms with van der Waals surface area (Å²) in [6.45, 7) is 3.83. The SMILES string of the molecule is Cc1cc(-c2cccc(F)c2)nnc1NCC1CCc2nccn2C1. The molecular weight excluding hydrogens is 317 g/mol. The fourth-order valence-corrected chi connectivity index (χ4v) is 3.29. The Morgan fingerprint density at radius 1 is 1.28 bits per heavy atom. The van der Waals surface area contributed by atoms with E-state index in [4.69, 9.17) is 0 Å². The Balaban J connectivity index is 1.43. The summed E-state index contributed by atoms with van der Waals surface area (Å²) in [5.74, 6) is 2.24. The summed E-state index contributed by atoms with van der Waals surface area (Å²) in [7, 11) is 0. The topological polar surface area (TPSA) is 55.6 Å². The van der Waals surface area contributed by atoms with Gasteiger partial charge in [0.2, 0.25) is 0 Å². The Morgan fingerprint density at radius 2 is 2.20 bits per heavy atom. The smallest absolute Gasteiger partial charge is 0.151 e. The van der Waals surface area contributed by atoms with Crippen molar-refractivity contribution in [2.45, 2.75) is 26.3 Å². The van der Waals surface area contributed by atoms with E-state index in [9.17, 15) is 4.39 Å². The monoisotopic (exact) mass is 337 g/mol. The number of fused-ring (bicyclic) bond motifs is 1. The van der Waals surface area contributed by atoms with E-state index in [2.05, 4.69) is 25.1 Å². The first-order valence-corrected chi connectivity index (χ1v) is 8.53. The van der Waals surface area contributed by atoms with Gasteiger partial charge in [0.15, 0.2) is 5.82 Å². The van der Waals surface area contributed by atoms with Gasteiger partial charge in [0.25, 0.3) is 0 Å². The number of hydrogen-bond donors (Lipinski definition) is 1. The third-order valence-electron chi connectivity index (χ3n) is 4.70. The number of aromatic nitrogens is 4. The molecule has 6 heteroatoms. The summed E-state index contributed by atoms with van der Waals surface area (Å²) in [5, 5.41) is 12.0. The Morgan fingerprint density at radius 3 is 3.04 bits per heavy atom. The zero-order chi connectivity index (χ0) is 17.2. The molecule has 2 aromatic heterocycles. The van der Waals surface area contributed by atoms with Crippen molar-refractivity contribution in [3.8, 4) is 11.3 Å². The Labute approximate surface area is 145 Å². The molecule has 0 fully saturated rings. The van der Waals surface area contributed by atoms with E-state index < -0.39 is 0 Å². The highest BCUT2D eigenvalue weighted by atomic mass is 19.1. The van der Waals surface area contributed by atoms with Gasteiger partial charge in [-0.1, -0.05) is 12.1 Å². The summed E-state index contributed by atoms with van der Waals surface area (Å²) < 4.78 is 15.6. The number of halogens is 1. The third-order valence-corrected chi connectivity index (χ3v) is 4.70. The molecule has 0 aliphatic carbocycles. The van der Waals surface area contributed by atoms with Crippen LogP contribution in [-0.2, 0) is 13.0 Å². The lowest BCUT2D eigenvalue weighted by atomic mass is 9.99. The molecule has 128 valence electrons. The van der Waals surface area contributed by atoms with Crippen LogP contribution in [-0.4, -0.2) is 26.3 Å². The van der Waals surface area contributed by atoms with Crippen LogP contribution >= 0.6 is 0 Å². The van der Waals surface area contributed by atoms with Crippen LogP contribution in [0.2, 0.25) is 0 Å². The molecule has 0 bridgehead atoms. The van der Waals surface area contributed by atoms with Crippen LogP contribution in [0.25, 0.3) is 11.3 Å². The number of imidazole rings is 1. The van der Waals surface area contributed by atoms with E-state index >= 15 is 0 Å². The average molecular weight is 337 g/mol. The van der Waals surface area contributed by atoms with E-state index in [1.807, 2.05) is 31.5 Å². The molecule has 0 saturated carbocycles. The first-order chi connectivity index (χ1) is 12.2. The van der Waals surface area contributed by atoms with Gasteiger partial charge in [-0.05, 0) is 43.0 Å². The molecule has 1 aliphatic rings. The van der Waals surface area contributed by atoms with Crippen LogP contribution < -0.4 is 5.32 Å². The first-order valence-electron chi connectivity index (χ1n) is 8.53. The van der Waals surface area contributed by atoms with Gasteiger partial charge in [-0.25, -0.2) is 9.37 Å². The van der Waals surface area contributed by atoms with Gasteiger partial charge >= 0.3 is 0 Å². The van der Waals surface area contributed by atoms with Gasteiger partial charge in [-0.3, -0.25) is 0 Å². The van der Waals surface area contributed by atoms with Crippen molar-refractivity contribution >= 4 is 5.82 Å². The lowest BCUT2D eigenvalue weighted by molar-refractivity contribution is 0.381. The highest BCUT2D eigenvalue weighted by Crippen LogP contribution is 2.23. The molecule has 0 radical (unpaired) electrons. The first kappa shape index (κ1) is 15.7. The predicted octanol–water partition coefficient (Wildman–Crippen LogP) is 3.46. The fraction of sp³-hybridized carbons (Fsp3) is 0.316. The molecule has 3 aromatic rings. The van der Waals surface area contributed by atoms with Crippen molar-refractivity contribution in [1.82, 2.24) is 19.7 Å². The lowest BCUT2D eigenvalue weighted by Gasteiger charge is -2.24. The summed E-state index contributed by atoms with van der Waals surface area (Å²) in [6, 6.07) is 8.36. The molecule has 0 spiro atoms. The second kappa shape index (κ2) is 6.63. The van der Waals surface area contributed by atoms with Crippen molar-refractivity contribution in [3.05, 3.63) is 59.9 Å². The minimum atomic E-state index is -0.268. The van der Waals surface area contributed by atoms with Crippen LogP contribution in [0.1, 0.15) is 17.8 Å². The van der Waals surface area contributed by atoms with Crippen LogP contribution in [0.5, 0.6) is 0 Å². The van der Waals surface area contributed by atoms with Crippen molar-refractivity contribution < 1.29 is 4.39 Å². The molecule has 0 saturated heterocycles. The number of aryl methyl sites for hydroxylation is 2. The largest absolute Gasteiger partial charge is 0.368 e. The minimum Gasteiger partial charge on any atom is -0.368 e. The number of anilines is 1. The van der Waals surface area contributed by atoms with E-state index in [-0.39, 0.29) is 5.82 Å². The summed E-state index contributed by atoms with van der Waals surface area (Å²) in [6.07, 6.45) is 6.05. The number of nitrogens with one attached hydrogen (secondary N) is 1. The molecule has 1 atom stereocenters. The van der Waals surface area contributed by atoms with Crippen molar-refractivity contribution in [2.24, 2.45) is 5.92 Å². The van der Waals surface area contributed by atoms with Gasteiger partial charge in [0, 0.05) is 37.5 Å². The van der Waals surface area contributed by atoms with Crippen molar-refractivity contribution in [2.75, 3.05) is 11.9 Å². The Bertz CT molecular complexity index is 889. The Kier molecular flexibility index (Phi) is 4.17. The molecule has 1 N–H and O–H groups in total. The second-order valence-electron chi connectivity index (χ2n) is 6.55. The van der Waals surface area contributed by atoms with Gasteiger partial charge in [-0.15, -0.1) is 10.2 Å². The number of hydrogen-bond acceptors (Lipinski definition) is 4. The van der Waals surface area contributed by atoms with Gasteiger partial charge in [0.1, 0.15) is 11.6 Å². The maximum absolute atomic E-state index is 13.4. The summed E-state index contributed by atoms with van der Waals surface area (Å²) >= 11 is 0. The zero-order valence-corrected chi connectivity index (χ0v) is 14.1. The quantitative estimate of drug-likeness (QED) is 0.792. The van der Waals surface area contributed by atoms with Crippen molar-refractivity contribution in [1.29, 1.82) is 0 Å². The highest BCUT2D eigenvalue weighted by molar-refractivity contribution is 5.61. The summed E-state index contributed by atoms with van der Waals surface area (Å²) in [4.78, 5) is 4.36. The Hall–Kier alpha value is -2.76. The number of nitrogens with zero attached hydrogens (tertiary/aromatic N) is 4. The molecule has 4 rings (SSSR count). The van der Waals surface area contributed by atoms with Crippen LogP contribution in [0.4, 0.5) is 10.2 Å². The predicted molar refractivity (Wildman–Crippen MR) is 94.7 cm³/mol. The molecule has 1 unspecified atom stereocenters. The normalized spacial score (nSPS) is 16.5. The van der Waals surface area contributed by atoms with E-state index in [0.717, 1.165) is 42.9 Å². The van der Waals surface area contributed by atoms with E-state index in [1.165, 1.54) is 18.0 Å². The molecule has 0 amide bonds. The average Bonchev–Trinajstić information content (AvgIpc) is 3.08. The minimum absolute atomic E-state index is 0.268. The standard InChI is InChI=1S/C19H20FN5/c1-13-9-17(15-3-2-4-16(20)10-15)23-24-19(13)22-11-14-5-6-18-21-7-8-25(18)12-14/h2-4,7-10,14H,5-6,11-12H2,1H3,(H,22,24). The molecule has 5 nitrogen and oxygen atoms in total. The fourth-order valence-electron chi connectivity index (χ4n) is 3.29. The zero-order valence-electron chi connectivity index (χ0n) is 14.1. The second-order valence-corrected chi connectivity index (χ2v) is 6.55. The molecule has 3 heterocycles. The highest BCUT2D eigenvalue weighted by Gasteiger charge is 2.19. The van der Waals surface area contributed by atoms with Gasteiger partial charge in [-0.2, -0.15) is 0 Å². The van der Waals surface area contributed by atoms with Crippen LogP contribution in [0.15, 0.2) is 42.7 Å². The van der Waals surface area contributed by atoms with Gasteiger partial charge in [0.05, 0.1) is 5.69 Å². The molecule has 1 aliphatic heterocycles. The van der Waals surface area contributed by atoms with Gasteiger partial charge < -0.3 is 9.88 Å². The molecule has 1 aromatic carbocycles. The number of benzene rings is 1. The van der Waals surface area contributed by atoms with Crippen LogP contribution in [0.3, 0.4) is 0 Å². The maximum Gasteiger partial charge on any atom is 0.151 e. The molecule has 25 heavy (non-hydrogen) atoms. The molecular formula is C19H20FN5. The number of rotatable bonds is 4. The summed E-state index contributed by atoms with van der Waals surface area (Å²) in [5.41, 5.74) is 2.43. The van der Waals surface area contributed by atoms with Crippen molar-refractivity contribution in [3.63, 3.8) is 0 Å². The van der Waals surface area contributed by atoms with Crippen LogP contribution in [0, 0.1) is 18.7 Å². The van der Waals surface area contributed by atoms with E-state index in [1.54, 1.807) is 6.07 Å². The third kappa shape index (κ3) is 3.38. The maximum atomic E-state index is 13.4. The lowest BCUT2D eigenvalue weighted by Crippen LogP contribution is -2.26.